The third-order valence-electron chi connectivity index (χ3n) is 4.83. The Morgan fingerprint density at radius 2 is 2.00 bits per heavy atom. The molecule has 3 heterocycles. The number of pyridine rings is 2. The van der Waals surface area contributed by atoms with Gasteiger partial charge in [-0.25, -0.2) is 28.6 Å². The molecule has 3 N–H and O–H groups in total. The summed E-state index contributed by atoms with van der Waals surface area (Å²) in [6.07, 6.45) is 2.81. The largest absolute Gasteiger partial charge is 0.475 e. The van der Waals surface area contributed by atoms with Crippen LogP contribution in [0.2, 0.25) is 0 Å². The predicted molar refractivity (Wildman–Crippen MR) is 127 cm³/mol. The van der Waals surface area contributed by atoms with Crippen molar-refractivity contribution in [3.63, 3.8) is 0 Å². The Kier molecular flexibility index (Phi) is 7.39. The van der Waals surface area contributed by atoms with Crippen molar-refractivity contribution in [1.82, 2.24) is 15.0 Å². The van der Waals surface area contributed by atoms with Crippen molar-refractivity contribution < 1.29 is 23.0 Å². The summed E-state index contributed by atoms with van der Waals surface area (Å²) in [6, 6.07) is 8.59. The van der Waals surface area contributed by atoms with E-state index in [0.717, 1.165) is 23.9 Å². The topological polar surface area (TPSA) is 135 Å². The lowest BCUT2D eigenvalue weighted by atomic mass is 10.0. The molecule has 0 aliphatic rings. The normalized spacial score (nSPS) is 10.6. The Morgan fingerprint density at radius 1 is 1.19 bits per heavy atom. The third-order valence-corrected chi connectivity index (χ3v) is 5.84. The minimum absolute atomic E-state index is 0.0174. The van der Waals surface area contributed by atoms with Gasteiger partial charge in [-0.05, 0) is 29.8 Å². The second-order valence-corrected chi connectivity index (χ2v) is 8.11. The zero-order valence-corrected chi connectivity index (χ0v) is 19.2. The quantitative estimate of drug-likeness (QED) is 0.256. The molecule has 0 fully saturated rings. The van der Waals surface area contributed by atoms with Gasteiger partial charge in [-0.1, -0.05) is 11.8 Å². The molecule has 0 saturated heterocycles. The fourth-order valence-corrected chi connectivity index (χ4v) is 4.09. The van der Waals surface area contributed by atoms with E-state index in [1.165, 1.54) is 18.5 Å². The average molecular weight is 506 g/mol. The molecule has 9 nitrogen and oxygen atoms in total. The number of oxazole rings is 1. The summed E-state index contributed by atoms with van der Waals surface area (Å²) in [5, 5.41) is 19.1. The molecule has 0 spiro atoms. The van der Waals surface area contributed by atoms with Crippen LogP contribution in [0.15, 0.2) is 52.2 Å². The van der Waals surface area contributed by atoms with Crippen molar-refractivity contribution in [2.45, 2.75) is 10.8 Å². The zero-order chi connectivity index (χ0) is 25.7. The number of aromatic nitrogens is 3. The van der Waals surface area contributed by atoms with E-state index in [-0.39, 0.29) is 64.0 Å². The highest BCUT2D eigenvalue weighted by Crippen LogP contribution is 2.41. The summed E-state index contributed by atoms with van der Waals surface area (Å²) in [6.45, 7) is 7.45. The number of rotatable bonds is 8. The van der Waals surface area contributed by atoms with Gasteiger partial charge in [0.1, 0.15) is 29.8 Å². The number of hydrogen-bond donors (Lipinski definition) is 2. The number of ether oxygens (including phenoxy) is 1. The molecule has 0 amide bonds. The Morgan fingerprint density at radius 3 is 2.67 bits per heavy atom. The summed E-state index contributed by atoms with van der Waals surface area (Å²) >= 11 is 1.15. The molecule has 0 saturated carbocycles. The first kappa shape index (κ1) is 24.6. The van der Waals surface area contributed by atoms with Crippen molar-refractivity contribution >= 4 is 23.3 Å². The molecule has 180 valence electrons. The van der Waals surface area contributed by atoms with Gasteiger partial charge < -0.3 is 20.0 Å². The second kappa shape index (κ2) is 10.8. The van der Waals surface area contributed by atoms with Crippen LogP contribution in [0.5, 0.6) is 5.88 Å². The number of aliphatic hydroxyl groups excluding tert-OH is 1. The fraction of sp³-hybridized carbons (Fsp3) is 0.125. The van der Waals surface area contributed by atoms with Crippen LogP contribution >= 0.6 is 11.8 Å². The summed E-state index contributed by atoms with van der Waals surface area (Å²) < 4.78 is 37.4. The SMILES string of the molecule is [C-]#[N+]c1c(N)nc(SCc2coc(-c3ccc(F)c(F)c3)n2)c(C#N)c1-c1ccc(OCCO)nc1. The molecule has 0 radical (unpaired) electrons. The summed E-state index contributed by atoms with van der Waals surface area (Å²) in [4.78, 5) is 16.1. The van der Waals surface area contributed by atoms with Gasteiger partial charge >= 0.3 is 0 Å². The van der Waals surface area contributed by atoms with Crippen molar-refractivity contribution in [2.75, 3.05) is 18.9 Å². The van der Waals surface area contributed by atoms with Crippen LogP contribution < -0.4 is 10.5 Å². The van der Waals surface area contributed by atoms with E-state index in [2.05, 4.69) is 25.9 Å². The first-order valence-electron chi connectivity index (χ1n) is 10.3. The van der Waals surface area contributed by atoms with E-state index in [0.29, 0.717) is 11.3 Å². The van der Waals surface area contributed by atoms with Crippen LogP contribution in [-0.2, 0) is 5.75 Å². The lowest BCUT2D eigenvalue weighted by Gasteiger charge is -2.13. The Balaban J connectivity index is 1.63. The number of halogens is 2. The van der Waals surface area contributed by atoms with Crippen LogP contribution in [0, 0.1) is 29.5 Å². The molecule has 36 heavy (non-hydrogen) atoms. The molecular formula is C24H16F2N6O3S. The fourth-order valence-electron chi connectivity index (χ4n) is 3.22. The number of benzene rings is 1. The van der Waals surface area contributed by atoms with Gasteiger partial charge in [-0.3, -0.25) is 0 Å². The first-order chi connectivity index (χ1) is 17.4. The van der Waals surface area contributed by atoms with Gasteiger partial charge in [0.05, 0.1) is 24.4 Å². The summed E-state index contributed by atoms with van der Waals surface area (Å²) in [5.74, 6) is -1.45. The van der Waals surface area contributed by atoms with Crippen molar-refractivity contribution in [1.29, 1.82) is 5.26 Å². The van der Waals surface area contributed by atoms with Gasteiger partial charge in [-0.2, -0.15) is 5.26 Å². The van der Waals surface area contributed by atoms with Crippen LogP contribution in [0.25, 0.3) is 27.4 Å². The van der Waals surface area contributed by atoms with Gasteiger partial charge in [-0.15, -0.1) is 0 Å². The van der Waals surface area contributed by atoms with Crippen LogP contribution in [-0.4, -0.2) is 33.3 Å². The smallest absolute Gasteiger partial charge is 0.237 e. The molecule has 3 aromatic heterocycles. The number of nitrogen functional groups attached to an aromatic ring is 1. The Labute approximate surface area is 208 Å². The number of hydrogen-bond acceptors (Lipinski definition) is 9. The number of nitrogens with zero attached hydrogens (tertiary/aromatic N) is 5. The zero-order valence-electron chi connectivity index (χ0n) is 18.4. The van der Waals surface area contributed by atoms with Crippen LogP contribution in [0.3, 0.4) is 0 Å². The minimum Gasteiger partial charge on any atom is -0.475 e. The standard InChI is InChI=1S/C24H16F2N6O3S/c1-29-21-20(14-3-5-19(30-10-14)34-7-6-33)16(9-27)24(32-22(21)28)36-12-15-11-35-23(31-15)13-2-4-17(25)18(26)8-13/h2-5,8,10-11,33H,6-7,12H2,(H2,28,32). The lowest BCUT2D eigenvalue weighted by Crippen LogP contribution is -2.03. The van der Waals surface area contributed by atoms with E-state index < -0.39 is 11.6 Å². The maximum Gasteiger partial charge on any atom is 0.237 e. The van der Waals surface area contributed by atoms with Crippen LogP contribution in [0.4, 0.5) is 20.3 Å². The highest BCUT2D eigenvalue weighted by atomic mass is 32.2. The van der Waals surface area contributed by atoms with E-state index in [9.17, 15) is 14.0 Å². The Bertz CT molecular complexity index is 1500. The van der Waals surface area contributed by atoms with Gasteiger partial charge in [0, 0.05) is 29.1 Å². The molecular weight excluding hydrogens is 490 g/mol. The van der Waals surface area contributed by atoms with E-state index >= 15 is 0 Å². The molecule has 4 rings (SSSR count). The molecule has 0 aliphatic carbocycles. The molecule has 0 unspecified atom stereocenters. The van der Waals surface area contributed by atoms with Crippen molar-refractivity contribution in [2.24, 2.45) is 0 Å². The van der Waals surface area contributed by atoms with E-state index in [1.54, 1.807) is 12.1 Å². The molecule has 0 aliphatic heterocycles. The molecule has 0 atom stereocenters. The minimum atomic E-state index is -1.02. The monoisotopic (exact) mass is 506 g/mol. The maximum atomic E-state index is 13.5. The average Bonchev–Trinajstić information content (AvgIpc) is 3.37. The summed E-state index contributed by atoms with van der Waals surface area (Å²) in [7, 11) is 0. The molecule has 12 heteroatoms. The summed E-state index contributed by atoms with van der Waals surface area (Å²) in [5.41, 5.74) is 7.68. The van der Waals surface area contributed by atoms with Crippen molar-refractivity contribution in [3.8, 4) is 34.5 Å². The van der Waals surface area contributed by atoms with E-state index in [4.69, 9.17) is 26.6 Å². The predicted octanol–water partition coefficient (Wildman–Crippen LogP) is 4.74. The van der Waals surface area contributed by atoms with Gasteiger partial charge in [0.15, 0.2) is 11.6 Å². The highest BCUT2D eigenvalue weighted by Gasteiger charge is 2.21. The number of anilines is 1. The van der Waals surface area contributed by atoms with Gasteiger partial charge in [0.2, 0.25) is 17.5 Å². The second-order valence-electron chi connectivity index (χ2n) is 7.14. The number of aliphatic hydroxyl groups is 1. The Hall–Kier alpha value is -4.52. The number of thioether (sulfide) groups is 1. The maximum absolute atomic E-state index is 13.5. The molecule has 0 bridgehead atoms. The number of nitriles is 1. The van der Waals surface area contributed by atoms with Crippen LogP contribution in [0.1, 0.15) is 11.3 Å². The lowest BCUT2D eigenvalue weighted by molar-refractivity contribution is 0.196. The highest BCUT2D eigenvalue weighted by molar-refractivity contribution is 7.98. The molecule has 4 aromatic rings. The molecule has 1 aromatic carbocycles. The van der Waals surface area contributed by atoms with Crippen molar-refractivity contribution in [3.05, 3.63) is 77.1 Å². The van der Waals surface area contributed by atoms with Gasteiger partial charge in [0.25, 0.3) is 0 Å². The number of nitrogens with two attached hydrogens (primary N) is 1. The third kappa shape index (κ3) is 5.10. The first-order valence-corrected chi connectivity index (χ1v) is 11.3. The van der Waals surface area contributed by atoms with E-state index in [1.807, 2.05) is 0 Å².